The van der Waals surface area contributed by atoms with E-state index in [1.54, 1.807) is 11.3 Å². The Morgan fingerprint density at radius 1 is 1.20 bits per heavy atom. The molecule has 4 heterocycles. The molecule has 2 aliphatic heterocycles. The highest BCUT2D eigenvalue weighted by Crippen LogP contribution is 2.51. The SMILES string of the molecule is N#Cc1c(N)nc2c(c1-c1cncs1)[C@H]1CC[C@@H](C2)N1C1CCCC1. The molecule has 0 amide bonds. The van der Waals surface area contributed by atoms with Crippen LogP contribution in [0.1, 0.15) is 61.4 Å². The highest BCUT2D eigenvalue weighted by atomic mass is 32.1. The zero-order chi connectivity index (χ0) is 17.0. The molecule has 2 N–H and O–H groups in total. The van der Waals surface area contributed by atoms with Crippen LogP contribution >= 0.6 is 11.3 Å². The largest absolute Gasteiger partial charge is 0.383 e. The number of rotatable bonds is 2. The van der Waals surface area contributed by atoms with E-state index >= 15 is 0 Å². The van der Waals surface area contributed by atoms with Crippen LogP contribution in [0.4, 0.5) is 5.82 Å². The van der Waals surface area contributed by atoms with Gasteiger partial charge in [0.25, 0.3) is 0 Å². The van der Waals surface area contributed by atoms with Crippen molar-refractivity contribution in [3.63, 3.8) is 0 Å². The summed E-state index contributed by atoms with van der Waals surface area (Å²) >= 11 is 1.58. The molecule has 0 spiro atoms. The van der Waals surface area contributed by atoms with Crippen molar-refractivity contribution in [2.75, 3.05) is 5.73 Å². The Morgan fingerprint density at radius 2 is 2.04 bits per heavy atom. The molecule has 0 unspecified atom stereocenters. The van der Waals surface area contributed by atoms with Crippen LogP contribution in [-0.4, -0.2) is 27.0 Å². The van der Waals surface area contributed by atoms with E-state index in [0.717, 1.165) is 29.0 Å². The number of anilines is 1. The molecule has 1 aliphatic carbocycles. The Morgan fingerprint density at radius 3 is 2.76 bits per heavy atom. The third kappa shape index (κ3) is 2.22. The molecule has 1 saturated heterocycles. The van der Waals surface area contributed by atoms with E-state index in [2.05, 4.69) is 20.9 Å². The maximum Gasteiger partial charge on any atom is 0.142 e. The molecule has 2 aromatic heterocycles. The van der Waals surface area contributed by atoms with Crippen molar-refractivity contribution in [3.05, 3.63) is 28.5 Å². The first-order chi connectivity index (χ1) is 12.3. The maximum absolute atomic E-state index is 9.75. The second-order valence-corrected chi connectivity index (χ2v) is 8.31. The van der Waals surface area contributed by atoms with Crippen LogP contribution in [0.3, 0.4) is 0 Å². The molecule has 0 aromatic carbocycles. The zero-order valence-electron chi connectivity index (χ0n) is 14.1. The normalized spacial score (nSPS) is 25.9. The van der Waals surface area contributed by atoms with Crippen molar-refractivity contribution < 1.29 is 0 Å². The summed E-state index contributed by atoms with van der Waals surface area (Å²) in [4.78, 5) is 12.7. The molecule has 1 saturated carbocycles. The van der Waals surface area contributed by atoms with Crippen LogP contribution < -0.4 is 5.73 Å². The van der Waals surface area contributed by atoms with E-state index < -0.39 is 0 Å². The van der Waals surface area contributed by atoms with Crippen molar-refractivity contribution >= 4 is 17.2 Å². The Kier molecular flexibility index (Phi) is 3.54. The van der Waals surface area contributed by atoms with Crippen LogP contribution in [0, 0.1) is 11.3 Å². The number of aromatic nitrogens is 2. The molecule has 25 heavy (non-hydrogen) atoms. The van der Waals surface area contributed by atoms with E-state index in [-0.39, 0.29) is 0 Å². The maximum atomic E-state index is 9.75. The molecule has 2 atom stereocenters. The van der Waals surface area contributed by atoms with E-state index in [0.29, 0.717) is 29.5 Å². The summed E-state index contributed by atoms with van der Waals surface area (Å²) in [6.07, 6.45) is 10.5. The summed E-state index contributed by atoms with van der Waals surface area (Å²) in [7, 11) is 0. The lowest BCUT2D eigenvalue weighted by atomic mass is 9.88. The second-order valence-electron chi connectivity index (χ2n) is 7.42. The minimum absolute atomic E-state index is 0.373. The lowest BCUT2D eigenvalue weighted by Crippen LogP contribution is -2.44. The molecule has 5 nitrogen and oxygen atoms in total. The Labute approximate surface area is 151 Å². The van der Waals surface area contributed by atoms with Gasteiger partial charge in [0.05, 0.1) is 10.4 Å². The van der Waals surface area contributed by atoms with E-state index in [4.69, 9.17) is 5.73 Å². The highest BCUT2D eigenvalue weighted by molar-refractivity contribution is 7.13. The summed E-state index contributed by atoms with van der Waals surface area (Å²) in [5.74, 6) is 0.373. The number of nitriles is 1. The van der Waals surface area contributed by atoms with Crippen molar-refractivity contribution in [2.45, 2.75) is 63.1 Å². The third-order valence-electron chi connectivity index (χ3n) is 6.20. The van der Waals surface area contributed by atoms with Gasteiger partial charge in [-0.05, 0) is 25.7 Å². The molecule has 128 valence electrons. The average Bonchev–Trinajstić information content (AvgIpc) is 3.34. The van der Waals surface area contributed by atoms with Gasteiger partial charge in [-0.15, -0.1) is 11.3 Å². The van der Waals surface area contributed by atoms with Crippen LogP contribution in [0.5, 0.6) is 0 Å². The topological polar surface area (TPSA) is 78.8 Å². The van der Waals surface area contributed by atoms with E-state index in [9.17, 15) is 5.26 Å². The standard InChI is InChI=1S/C19H21N5S/c20-8-13-17(16-9-22-10-25-16)18-14(23-19(13)21)7-12-5-6-15(18)24(12)11-3-1-2-4-11/h9-12,15H,1-7H2,(H2,21,23)/t12-,15+/m0/s1. The fourth-order valence-corrected chi connectivity index (χ4v) is 5.96. The number of pyridine rings is 1. The number of nitrogen functional groups attached to an aromatic ring is 1. The number of hydrogen-bond donors (Lipinski definition) is 1. The van der Waals surface area contributed by atoms with Crippen LogP contribution in [0.15, 0.2) is 11.7 Å². The molecular formula is C19H21N5S. The number of nitrogens with two attached hydrogens (primary N) is 1. The van der Waals surface area contributed by atoms with Gasteiger partial charge >= 0.3 is 0 Å². The van der Waals surface area contributed by atoms with E-state index in [1.165, 1.54) is 37.7 Å². The molecular weight excluding hydrogens is 330 g/mol. The van der Waals surface area contributed by atoms with Gasteiger partial charge in [-0.1, -0.05) is 12.8 Å². The van der Waals surface area contributed by atoms with Gasteiger partial charge in [0.15, 0.2) is 0 Å². The van der Waals surface area contributed by atoms with Gasteiger partial charge in [-0.3, -0.25) is 9.88 Å². The fraction of sp³-hybridized carbons (Fsp3) is 0.526. The van der Waals surface area contributed by atoms with Crippen molar-refractivity contribution in [3.8, 4) is 16.5 Å². The number of nitrogens with zero attached hydrogens (tertiary/aromatic N) is 4. The Bertz CT molecular complexity index is 848. The first-order valence-corrected chi connectivity index (χ1v) is 10.0. The molecule has 5 rings (SSSR count). The molecule has 3 aliphatic rings. The molecule has 2 bridgehead atoms. The molecule has 0 radical (unpaired) electrons. The first kappa shape index (κ1) is 15.3. The van der Waals surface area contributed by atoms with Crippen LogP contribution in [0.2, 0.25) is 0 Å². The van der Waals surface area contributed by atoms with Crippen LogP contribution in [0.25, 0.3) is 10.4 Å². The fourth-order valence-electron chi connectivity index (χ4n) is 5.27. The summed E-state index contributed by atoms with van der Waals surface area (Å²) in [5, 5.41) is 9.75. The van der Waals surface area contributed by atoms with Crippen molar-refractivity contribution in [1.82, 2.24) is 14.9 Å². The predicted octanol–water partition coefficient (Wildman–Crippen LogP) is 3.66. The van der Waals surface area contributed by atoms with E-state index in [1.807, 2.05) is 11.7 Å². The number of thiazole rings is 1. The van der Waals surface area contributed by atoms with Crippen molar-refractivity contribution in [2.24, 2.45) is 0 Å². The third-order valence-corrected chi connectivity index (χ3v) is 6.99. The molecule has 2 fully saturated rings. The van der Waals surface area contributed by atoms with Gasteiger partial charge in [-0.2, -0.15) is 5.26 Å². The van der Waals surface area contributed by atoms with Gasteiger partial charge in [0.2, 0.25) is 0 Å². The number of fused-ring (bicyclic) bond motifs is 4. The first-order valence-electron chi connectivity index (χ1n) is 9.16. The summed E-state index contributed by atoms with van der Waals surface area (Å²) < 4.78 is 0. The summed E-state index contributed by atoms with van der Waals surface area (Å²) in [6.45, 7) is 0. The van der Waals surface area contributed by atoms with Crippen molar-refractivity contribution in [1.29, 1.82) is 5.26 Å². The summed E-state index contributed by atoms with van der Waals surface area (Å²) in [6, 6.07) is 3.99. The highest BCUT2D eigenvalue weighted by Gasteiger charge is 2.46. The molecule has 2 aromatic rings. The van der Waals surface area contributed by atoms with Gasteiger partial charge in [0, 0.05) is 47.6 Å². The van der Waals surface area contributed by atoms with Gasteiger partial charge in [0.1, 0.15) is 17.5 Å². The summed E-state index contributed by atoms with van der Waals surface area (Å²) in [5.41, 5.74) is 11.9. The lowest BCUT2D eigenvalue weighted by molar-refractivity contribution is 0.116. The average molecular weight is 351 g/mol. The Hall–Kier alpha value is -1.97. The number of hydrogen-bond acceptors (Lipinski definition) is 6. The minimum Gasteiger partial charge on any atom is -0.383 e. The predicted molar refractivity (Wildman–Crippen MR) is 98.0 cm³/mol. The molecule has 6 heteroatoms. The smallest absolute Gasteiger partial charge is 0.142 e. The van der Waals surface area contributed by atoms with Crippen LogP contribution in [-0.2, 0) is 6.42 Å². The Balaban J connectivity index is 1.72. The lowest BCUT2D eigenvalue weighted by Gasteiger charge is -2.41. The second kappa shape index (κ2) is 5.79. The van der Waals surface area contributed by atoms with Gasteiger partial charge in [-0.25, -0.2) is 4.98 Å². The zero-order valence-corrected chi connectivity index (χ0v) is 14.9. The monoisotopic (exact) mass is 351 g/mol. The van der Waals surface area contributed by atoms with Gasteiger partial charge < -0.3 is 5.73 Å². The quantitative estimate of drug-likeness (QED) is 0.893. The minimum atomic E-state index is 0.373.